The first-order chi connectivity index (χ1) is 6.70. The summed E-state index contributed by atoms with van der Waals surface area (Å²) >= 11 is 0. The summed E-state index contributed by atoms with van der Waals surface area (Å²) in [4.78, 5) is 13.7. The van der Waals surface area contributed by atoms with Gasteiger partial charge in [0.15, 0.2) is 0 Å². The molecule has 3 heteroatoms. The normalized spacial score (nSPS) is 35.3. The molecule has 0 aromatic carbocycles. The SMILES string of the molecule is CC(=O)C(C)N1CCOC2CCCC21. The Bertz CT molecular complexity index is 229. The van der Waals surface area contributed by atoms with E-state index in [1.54, 1.807) is 6.92 Å². The van der Waals surface area contributed by atoms with E-state index in [9.17, 15) is 4.79 Å². The molecular formula is C11H19NO2. The van der Waals surface area contributed by atoms with E-state index in [1.165, 1.54) is 19.3 Å². The number of carbonyl (C=O) groups is 1. The van der Waals surface area contributed by atoms with Crippen LogP contribution in [0, 0.1) is 0 Å². The molecule has 1 heterocycles. The molecule has 0 spiro atoms. The van der Waals surface area contributed by atoms with E-state index in [2.05, 4.69) is 4.90 Å². The molecule has 0 amide bonds. The molecule has 3 nitrogen and oxygen atoms in total. The third-order valence-corrected chi connectivity index (χ3v) is 3.61. The van der Waals surface area contributed by atoms with Crippen LogP contribution in [0.25, 0.3) is 0 Å². The van der Waals surface area contributed by atoms with Crippen LogP contribution in [0.15, 0.2) is 0 Å². The number of ether oxygens (including phenoxy) is 1. The Hall–Kier alpha value is -0.410. The summed E-state index contributed by atoms with van der Waals surface area (Å²) in [5, 5.41) is 0. The molecule has 2 rings (SSSR count). The number of Topliss-reactive ketones (excluding diaryl/α,β-unsaturated/α-hetero) is 1. The first-order valence-electron chi connectivity index (χ1n) is 5.58. The molecular weight excluding hydrogens is 178 g/mol. The highest BCUT2D eigenvalue weighted by Gasteiger charge is 2.38. The standard InChI is InChI=1S/C11H19NO2/c1-8(9(2)13)12-6-7-14-11-5-3-4-10(11)12/h8,10-11H,3-7H2,1-2H3. The predicted octanol–water partition coefficient (Wildman–Crippen LogP) is 1.22. The molecule has 1 aliphatic heterocycles. The van der Waals surface area contributed by atoms with Gasteiger partial charge in [-0.1, -0.05) is 0 Å². The van der Waals surface area contributed by atoms with Crippen LogP contribution >= 0.6 is 0 Å². The zero-order valence-electron chi connectivity index (χ0n) is 9.03. The zero-order chi connectivity index (χ0) is 10.1. The Morgan fingerprint density at radius 2 is 2.29 bits per heavy atom. The quantitative estimate of drug-likeness (QED) is 0.666. The Labute approximate surface area is 85.4 Å². The van der Waals surface area contributed by atoms with Crippen molar-refractivity contribution in [1.82, 2.24) is 4.90 Å². The number of nitrogens with zero attached hydrogens (tertiary/aromatic N) is 1. The first kappa shape index (κ1) is 10.1. The largest absolute Gasteiger partial charge is 0.375 e. The molecule has 3 atom stereocenters. The Morgan fingerprint density at radius 1 is 1.50 bits per heavy atom. The van der Waals surface area contributed by atoms with Gasteiger partial charge >= 0.3 is 0 Å². The van der Waals surface area contributed by atoms with Gasteiger partial charge in [0.25, 0.3) is 0 Å². The van der Waals surface area contributed by atoms with Gasteiger partial charge in [-0.15, -0.1) is 0 Å². The summed E-state index contributed by atoms with van der Waals surface area (Å²) in [6, 6.07) is 0.576. The number of ketones is 1. The van der Waals surface area contributed by atoms with Gasteiger partial charge in [-0.05, 0) is 33.1 Å². The van der Waals surface area contributed by atoms with Gasteiger partial charge in [0.1, 0.15) is 5.78 Å². The van der Waals surface area contributed by atoms with Crippen LogP contribution in [-0.2, 0) is 9.53 Å². The number of fused-ring (bicyclic) bond motifs is 1. The minimum absolute atomic E-state index is 0.0736. The minimum atomic E-state index is 0.0736. The Morgan fingerprint density at radius 3 is 3.00 bits per heavy atom. The van der Waals surface area contributed by atoms with Gasteiger partial charge < -0.3 is 4.74 Å². The first-order valence-corrected chi connectivity index (χ1v) is 5.58. The van der Waals surface area contributed by atoms with E-state index < -0.39 is 0 Å². The molecule has 0 radical (unpaired) electrons. The van der Waals surface area contributed by atoms with E-state index in [0.29, 0.717) is 12.1 Å². The van der Waals surface area contributed by atoms with E-state index in [0.717, 1.165) is 13.2 Å². The maximum Gasteiger partial charge on any atom is 0.146 e. The van der Waals surface area contributed by atoms with Crippen LogP contribution in [0.1, 0.15) is 33.1 Å². The van der Waals surface area contributed by atoms with Crippen LogP contribution in [0.3, 0.4) is 0 Å². The smallest absolute Gasteiger partial charge is 0.146 e. The lowest BCUT2D eigenvalue weighted by Crippen LogP contribution is -2.54. The van der Waals surface area contributed by atoms with Crippen molar-refractivity contribution >= 4 is 5.78 Å². The second kappa shape index (κ2) is 3.99. The molecule has 0 aromatic rings. The molecule has 2 fully saturated rings. The van der Waals surface area contributed by atoms with Gasteiger partial charge in [-0.2, -0.15) is 0 Å². The predicted molar refractivity (Wildman–Crippen MR) is 54.2 cm³/mol. The maximum atomic E-state index is 11.3. The second-order valence-corrected chi connectivity index (χ2v) is 4.43. The zero-order valence-corrected chi connectivity index (χ0v) is 9.03. The summed E-state index contributed by atoms with van der Waals surface area (Å²) in [6.45, 7) is 5.41. The fraction of sp³-hybridized carbons (Fsp3) is 0.909. The van der Waals surface area contributed by atoms with Gasteiger partial charge in [-0.3, -0.25) is 9.69 Å². The molecule has 3 unspecified atom stereocenters. The monoisotopic (exact) mass is 197 g/mol. The topological polar surface area (TPSA) is 29.5 Å². The van der Waals surface area contributed by atoms with Crippen molar-refractivity contribution in [2.75, 3.05) is 13.2 Å². The van der Waals surface area contributed by atoms with Crippen molar-refractivity contribution in [3.63, 3.8) is 0 Å². The average Bonchev–Trinajstić information content (AvgIpc) is 2.63. The summed E-state index contributed by atoms with van der Waals surface area (Å²) in [5.74, 6) is 0.276. The highest BCUT2D eigenvalue weighted by molar-refractivity contribution is 5.81. The number of carbonyl (C=O) groups excluding carboxylic acids is 1. The Balaban J connectivity index is 2.06. The summed E-state index contributed by atoms with van der Waals surface area (Å²) in [7, 11) is 0. The number of hydrogen-bond donors (Lipinski definition) is 0. The Kier molecular flexibility index (Phi) is 2.88. The molecule has 0 N–H and O–H groups in total. The van der Waals surface area contributed by atoms with Crippen LogP contribution in [-0.4, -0.2) is 42.0 Å². The molecule has 1 aliphatic carbocycles. The lowest BCUT2D eigenvalue weighted by molar-refractivity contribution is -0.128. The van der Waals surface area contributed by atoms with Crippen molar-refractivity contribution in [2.45, 2.75) is 51.3 Å². The van der Waals surface area contributed by atoms with Crippen molar-refractivity contribution < 1.29 is 9.53 Å². The molecule has 1 saturated heterocycles. The molecule has 80 valence electrons. The van der Waals surface area contributed by atoms with Crippen molar-refractivity contribution in [3.05, 3.63) is 0 Å². The second-order valence-electron chi connectivity index (χ2n) is 4.43. The van der Waals surface area contributed by atoms with Crippen molar-refractivity contribution in [2.24, 2.45) is 0 Å². The number of hydrogen-bond acceptors (Lipinski definition) is 3. The van der Waals surface area contributed by atoms with Crippen LogP contribution in [0.4, 0.5) is 0 Å². The molecule has 2 aliphatic rings. The molecule has 0 aromatic heterocycles. The van der Waals surface area contributed by atoms with Crippen LogP contribution in [0.2, 0.25) is 0 Å². The lowest BCUT2D eigenvalue weighted by Gasteiger charge is -2.40. The maximum absolute atomic E-state index is 11.3. The fourth-order valence-corrected chi connectivity index (χ4v) is 2.67. The van der Waals surface area contributed by atoms with Crippen molar-refractivity contribution in [1.29, 1.82) is 0 Å². The van der Waals surface area contributed by atoms with Crippen LogP contribution in [0.5, 0.6) is 0 Å². The van der Waals surface area contributed by atoms with E-state index in [-0.39, 0.29) is 11.8 Å². The van der Waals surface area contributed by atoms with E-state index in [4.69, 9.17) is 4.74 Å². The minimum Gasteiger partial charge on any atom is -0.375 e. The van der Waals surface area contributed by atoms with Gasteiger partial charge in [0.05, 0.1) is 18.8 Å². The number of morpholine rings is 1. The molecule has 0 bridgehead atoms. The van der Waals surface area contributed by atoms with E-state index >= 15 is 0 Å². The van der Waals surface area contributed by atoms with Gasteiger partial charge in [0.2, 0.25) is 0 Å². The van der Waals surface area contributed by atoms with Gasteiger partial charge in [0, 0.05) is 12.6 Å². The lowest BCUT2D eigenvalue weighted by atomic mass is 10.1. The highest BCUT2D eigenvalue weighted by Crippen LogP contribution is 2.30. The summed E-state index contributed by atoms with van der Waals surface area (Å²) in [6.07, 6.45) is 4.01. The third kappa shape index (κ3) is 1.71. The molecule has 14 heavy (non-hydrogen) atoms. The molecule has 1 saturated carbocycles. The van der Waals surface area contributed by atoms with Crippen molar-refractivity contribution in [3.8, 4) is 0 Å². The van der Waals surface area contributed by atoms with Crippen LogP contribution < -0.4 is 0 Å². The third-order valence-electron chi connectivity index (χ3n) is 3.61. The highest BCUT2D eigenvalue weighted by atomic mass is 16.5. The number of rotatable bonds is 2. The summed E-state index contributed by atoms with van der Waals surface area (Å²) < 4.78 is 5.71. The van der Waals surface area contributed by atoms with Gasteiger partial charge in [-0.25, -0.2) is 0 Å². The summed E-state index contributed by atoms with van der Waals surface area (Å²) in [5.41, 5.74) is 0. The fourth-order valence-electron chi connectivity index (χ4n) is 2.67. The average molecular weight is 197 g/mol. The van der Waals surface area contributed by atoms with E-state index in [1.807, 2.05) is 6.92 Å².